The summed E-state index contributed by atoms with van der Waals surface area (Å²) in [5.74, 6) is -1.81. The highest BCUT2D eigenvalue weighted by atomic mass is 19.2. The van der Waals surface area contributed by atoms with Crippen molar-refractivity contribution >= 4 is 0 Å². The number of nitriles is 1. The van der Waals surface area contributed by atoms with Gasteiger partial charge in [0, 0.05) is 12.6 Å². The molecule has 0 saturated carbocycles. The minimum Gasteiger partial charge on any atom is -0.363 e. The van der Waals surface area contributed by atoms with Crippen LogP contribution in [0.2, 0.25) is 0 Å². The second-order valence-corrected chi connectivity index (χ2v) is 7.60. The molecule has 0 aliphatic carbocycles. The van der Waals surface area contributed by atoms with Crippen LogP contribution in [-0.2, 0) is 18.4 Å². The van der Waals surface area contributed by atoms with Crippen LogP contribution in [0.3, 0.4) is 0 Å². The Kier molecular flexibility index (Phi) is 6.11. The average molecular weight is 429 g/mol. The van der Waals surface area contributed by atoms with Crippen molar-refractivity contribution in [2.24, 2.45) is 7.05 Å². The number of nitrogens with zero attached hydrogens (tertiary/aromatic N) is 3. The Morgan fingerprint density at radius 3 is 2.53 bits per heavy atom. The summed E-state index contributed by atoms with van der Waals surface area (Å²) in [4.78, 5) is 4.20. The first kappa shape index (κ1) is 21.4. The molecule has 3 aromatic carbocycles. The van der Waals surface area contributed by atoms with Crippen LogP contribution < -0.4 is 0 Å². The van der Waals surface area contributed by atoms with E-state index in [1.807, 2.05) is 54.9 Å². The molecule has 0 N–H and O–H groups in total. The van der Waals surface area contributed by atoms with E-state index in [2.05, 4.69) is 11.1 Å². The van der Waals surface area contributed by atoms with E-state index in [1.54, 1.807) is 18.6 Å². The third-order valence-corrected chi connectivity index (χ3v) is 5.43. The van der Waals surface area contributed by atoms with Gasteiger partial charge < -0.3 is 9.30 Å². The zero-order valence-electron chi connectivity index (χ0n) is 17.7. The third-order valence-electron chi connectivity index (χ3n) is 5.43. The topological polar surface area (TPSA) is 50.8 Å². The molecule has 32 heavy (non-hydrogen) atoms. The number of halogens is 2. The van der Waals surface area contributed by atoms with Gasteiger partial charge in [0.15, 0.2) is 11.6 Å². The third kappa shape index (κ3) is 4.29. The van der Waals surface area contributed by atoms with Gasteiger partial charge in [0.2, 0.25) is 0 Å². The Morgan fingerprint density at radius 1 is 1.03 bits per heavy atom. The summed E-state index contributed by atoms with van der Waals surface area (Å²) >= 11 is 0. The Hall–Kier alpha value is -3.82. The number of benzene rings is 3. The summed E-state index contributed by atoms with van der Waals surface area (Å²) in [5.41, 5.74) is 5.54. The molecule has 1 atom stereocenters. The molecule has 4 aromatic rings. The second kappa shape index (κ2) is 9.13. The van der Waals surface area contributed by atoms with Crippen LogP contribution in [-0.4, -0.2) is 9.55 Å². The number of imidazole rings is 1. The van der Waals surface area contributed by atoms with E-state index in [4.69, 9.17) is 4.74 Å². The zero-order valence-corrected chi connectivity index (χ0v) is 17.7. The van der Waals surface area contributed by atoms with Gasteiger partial charge in [-0.05, 0) is 53.4 Å². The Morgan fingerprint density at radius 2 is 1.84 bits per heavy atom. The molecule has 6 heteroatoms. The molecule has 1 heterocycles. The van der Waals surface area contributed by atoms with Crippen molar-refractivity contribution in [2.45, 2.75) is 19.6 Å². The molecular weight excluding hydrogens is 408 g/mol. The fourth-order valence-electron chi connectivity index (χ4n) is 3.70. The first-order valence-corrected chi connectivity index (χ1v) is 10.1. The number of rotatable bonds is 6. The predicted octanol–water partition coefficient (Wildman–Crippen LogP) is 5.85. The molecule has 1 aromatic heterocycles. The normalized spacial score (nSPS) is 11.8. The van der Waals surface area contributed by atoms with Crippen LogP contribution in [0.25, 0.3) is 11.1 Å². The number of aryl methyl sites for hydroxylation is 2. The minimum absolute atomic E-state index is 0.0761. The van der Waals surface area contributed by atoms with Gasteiger partial charge >= 0.3 is 0 Å². The largest absolute Gasteiger partial charge is 0.363 e. The smallest absolute Gasteiger partial charge is 0.159 e. The molecule has 0 aliphatic heterocycles. The molecule has 4 nitrogen and oxygen atoms in total. The van der Waals surface area contributed by atoms with Crippen molar-refractivity contribution in [1.29, 1.82) is 5.26 Å². The SMILES string of the molecule is Cc1ccccc1-c1cc(C(OCc2ccc(F)c(F)c2)c2cncn2C)ccc1C#N. The first-order chi connectivity index (χ1) is 15.5. The van der Waals surface area contributed by atoms with E-state index < -0.39 is 17.7 Å². The van der Waals surface area contributed by atoms with E-state index in [0.29, 0.717) is 11.1 Å². The first-order valence-electron chi connectivity index (χ1n) is 10.1. The Labute approximate surface area is 185 Å². The summed E-state index contributed by atoms with van der Waals surface area (Å²) in [6.07, 6.45) is 2.86. The maximum atomic E-state index is 13.7. The van der Waals surface area contributed by atoms with E-state index in [1.165, 1.54) is 6.07 Å². The minimum atomic E-state index is -0.914. The highest BCUT2D eigenvalue weighted by Crippen LogP contribution is 2.33. The molecule has 160 valence electrons. The van der Waals surface area contributed by atoms with Gasteiger partial charge in [-0.25, -0.2) is 13.8 Å². The maximum absolute atomic E-state index is 13.7. The van der Waals surface area contributed by atoms with Crippen LogP contribution in [0.5, 0.6) is 0 Å². The summed E-state index contributed by atoms with van der Waals surface area (Å²) in [6, 6.07) is 19.4. The van der Waals surface area contributed by atoms with Crippen molar-refractivity contribution in [2.75, 3.05) is 0 Å². The highest BCUT2D eigenvalue weighted by molar-refractivity contribution is 5.74. The van der Waals surface area contributed by atoms with Crippen LogP contribution in [0, 0.1) is 29.9 Å². The summed E-state index contributed by atoms with van der Waals surface area (Å²) in [5, 5.41) is 9.67. The lowest BCUT2D eigenvalue weighted by Gasteiger charge is -2.21. The van der Waals surface area contributed by atoms with Crippen molar-refractivity contribution < 1.29 is 13.5 Å². The van der Waals surface area contributed by atoms with Crippen LogP contribution >= 0.6 is 0 Å². The number of hydrogen-bond acceptors (Lipinski definition) is 3. The number of ether oxygens (including phenoxy) is 1. The van der Waals surface area contributed by atoms with Crippen LogP contribution in [0.1, 0.15) is 34.1 Å². The molecular formula is C26H21F2N3O. The molecule has 0 radical (unpaired) electrons. The summed E-state index contributed by atoms with van der Waals surface area (Å²) in [6.45, 7) is 2.08. The fraction of sp³-hybridized carbons (Fsp3) is 0.154. The standard InChI is InChI=1S/C26H21F2N3O/c1-17-5-3-4-6-21(17)22-12-19(8-9-20(22)13-29)26(25-14-30-16-31(25)2)32-15-18-7-10-23(27)24(28)11-18/h3-12,14,16,26H,15H2,1-2H3. The second-order valence-electron chi connectivity index (χ2n) is 7.60. The summed E-state index contributed by atoms with van der Waals surface area (Å²) in [7, 11) is 1.86. The predicted molar refractivity (Wildman–Crippen MR) is 118 cm³/mol. The monoisotopic (exact) mass is 429 g/mol. The molecule has 0 amide bonds. The molecule has 1 unspecified atom stereocenters. The lowest BCUT2D eigenvalue weighted by atomic mass is 9.93. The van der Waals surface area contributed by atoms with Gasteiger partial charge in [-0.15, -0.1) is 0 Å². The average Bonchev–Trinajstić information content (AvgIpc) is 3.22. The molecule has 0 saturated heterocycles. The van der Waals surface area contributed by atoms with Crippen LogP contribution in [0.15, 0.2) is 73.2 Å². The van der Waals surface area contributed by atoms with Crippen molar-refractivity contribution in [3.63, 3.8) is 0 Å². The van der Waals surface area contributed by atoms with Crippen molar-refractivity contribution in [3.8, 4) is 17.2 Å². The Bertz CT molecular complexity index is 1310. The van der Waals surface area contributed by atoms with Gasteiger partial charge in [0.25, 0.3) is 0 Å². The van der Waals surface area contributed by atoms with Gasteiger partial charge in [-0.1, -0.05) is 36.4 Å². The van der Waals surface area contributed by atoms with Crippen molar-refractivity contribution in [1.82, 2.24) is 9.55 Å². The van der Waals surface area contributed by atoms with E-state index in [9.17, 15) is 14.0 Å². The molecule has 4 rings (SSSR count). The summed E-state index contributed by atoms with van der Waals surface area (Å²) < 4.78 is 35.0. The van der Waals surface area contributed by atoms with E-state index in [0.717, 1.165) is 40.1 Å². The lowest BCUT2D eigenvalue weighted by Crippen LogP contribution is -2.11. The zero-order chi connectivity index (χ0) is 22.7. The molecule has 0 spiro atoms. The fourth-order valence-corrected chi connectivity index (χ4v) is 3.70. The Balaban J connectivity index is 1.75. The quantitative estimate of drug-likeness (QED) is 0.386. The molecule has 0 aliphatic rings. The lowest BCUT2D eigenvalue weighted by molar-refractivity contribution is 0.0620. The highest BCUT2D eigenvalue weighted by Gasteiger charge is 2.21. The van der Waals surface area contributed by atoms with E-state index in [-0.39, 0.29) is 6.61 Å². The van der Waals surface area contributed by atoms with Gasteiger partial charge in [0.05, 0.1) is 36.5 Å². The maximum Gasteiger partial charge on any atom is 0.159 e. The molecule has 0 bridgehead atoms. The van der Waals surface area contributed by atoms with Crippen molar-refractivity contribution in [3.05, 3.63) is 113 Å². The number of hydrogen-bond donors (Lipinski definition) is 0. The number of aromatic nitrogens is 2. The van der Waals surface area contributed by atoms with Crippen LogP contribution in [0.4, 0.5) is 8.78 Å². The molecule has 0 fully saturated rings. The van der Waals surface area contributed by atoms with Gasteiger partial charge in [0.1, 0.15) is 6.10 Å². The van der Waals surface area contributed by atoms with E-state index >= 15 is 0 Å². The van der Waals surface area contributed by atoms with Gasteiger partial charge in [-0.2, -0.15) is 5.26 Å². The van der Waals surface area contributed by atoms with Gasteiger partial charge in [-0.3, -0.25) is 0 Å².